The topological polar surface area (TPSA) is 632 Å². The van der Waals surface area contributed by atoms with Gasteiger partial charge in [-0.05, 0) is 52.3 Å². The smallest absolute Gasteiger partial charge is 0.328 e. The minimum Gasteiger partial charge on any atom is -0.508 e. The molecule has 0 aromatic heterocycles. The molecule has 2 aliphatic heterocycles. The first kappa shape index (κ1) is 87.4. The summed E-state index contributed by atoms with van der Waals surface area (Å²) in [5, 5.41) is 92.2. The standard InChI is InChI=1S/C61H90N10O32/c1-22(62)52(86)66-38(19-72)55(89)68-43(24(3)74)57(91)70-44(25(4)75)58(92)69-42(23(2)73)56(90)65-37(53(87)64-36(17-34-13-15-35(84)16-14-34)54(88)71-45(26(5)76)60(93)94)18-41(85)67-59-46(63-27(6)77)49(47(97-30(9)80)39(101-59)20-95-28(7)78)103-61-51(100-33(12)83)50(99-32(11)82)48(98-31(10)81)40(102-61)21-96-29(8)79/h13-16,22-26,36-40,42-51,59,61,72-76,84H,17-21,62H2,1-12H3,(H,63,77)(H,64,87)(H,65,90)(H,66,86)(H,67,85)(H,68,89)(H,69,92)(H,70,91)(H,71,88)(H,93,94)/t22-,23+,24+,25+,26+,36-,37-,38-,39+,40+,42-,43-,44-,45-,46+,47+,48-,49+,50-,51+,59+,61-/m0/s1. The van der Waals surface area contributed by atoms with E-state index in [0.29, 0.717) is 0 Å². The maximum atomic E-state index is 15.0. The molecule has 1 aromatic rings. The van der Waals surface area contributed by atoms with Crippen LogP contribution in [0.2, 0.25) is 0 Å². The lowest BCUT2D eigenvalue weighted by molar-refractivity contribution is -0.336. The highest BCUT2D eigenvalue weighted by atomic mass is 16.7. The molecule has 22 atom stereocenters. The van der Waals surface area contributed by atoms with E-state index in [0.717, 1.165) is 88.3 Å². The van der Waals surface area contributed by atoms with Crippen LogP contribution in [0.25, 0.3) is 0 Å². The third kappa shape index (κ3) is 27.8. The second-order valence-corrected chi connectivity index (χ2v) is 23.9. The number of carbonyl (C=O) groups excluding carboxylic acids is 15. The van der Waals surface area contributed by atoms with E-state index in [4.69, 9.17) is 48.4 Å². The van der Waals surface area contributed by atoms with Crippen LogP contribution in [0.4, 0.5) is 0 Å². The molecule has 9 amide bonds. The molecule has 2 aliphatic rings. The van der Waals surface area contributed by atoms with Crippen molar-refractivity contribution in [2.24, 2.45) is 5.73 Å². The second-order valence-electron chi connectivity index (χ2n) is 23.9. The maximum Gasteiger partial charge on any atom is 0.328 e. The third-order valence-electron chi connectivity index (χ3n) is 14.9. The number of carboxylic acid groups (broad SMARTS) is 1. The highest BCUT2D eigenvalue weighted by molar-refractivity contribution is 5.99. The summed E-state index contributed by atoms with van der Waals surface area (Å²) in [7, 11) is 0. The van der Waals surface area contributed by atoms with Crippen LogP contribution in [0.5, 0.6) is 5.75 Å². The summed E-state index contributed by atoms with van der Waals surface area (Å²) in [6.07, 6.45) is -27.2. The third-order valence-corrected chi connectivity index (χ3v) is 14.9. The van der Waals surface area contributed by atoms with Crippen LogP contribution >= 0.6 is 0 Å². The number of esters is 6. The molecule has 2 heterocycles. The van der Waals surface area contributed by atoms with E-state index in [2.05, 4.69) is 47.9 Å². The van der Waals surface area contributed by atoms with E-state index in [9.17, 15) is 112 Å². The molecule has 42 heteroatoms. The number of hydrogen-bond donors (Lipinski definition) is 17. The molecule has 576 valence electrons. The SMILES string of the molecule is CC(=O)N[C@@H]1[C@@H](O[C@@H]2O[C@H](COC(C)=O)[C@H](OC(C)=O)[C@H](OC(C)=O)[C@H]2OC(C)=O)[C@H](OC(C)=O)[C@@H](COC(C)=O)O[C@H]1NC(=O)C[C@H](NC(=O)[C@@H](NC(=O)[C@@H](NC(=O)[C@@H](NC(=O)[C@H](CO)NC(=O)[C@H](C)N)[C@@H](C)O)[C@@H](C)O)[C@@H](C)O)C(=O)N[C@@H](Cc1ccc(O)cc1)C(=O)N[C@H](C(=O)O)[C@@H](C)O. The number of rotatable bonds is 36. The van der Waals surface area contributed by atoms with E-state index < -0.39 is 262 Å². The van der Waals surface area contributed by atoms with Gasteiger partial charge in [-0.25, -0.2) is 4.79 Å². The fourth-order valence-corrected chi connectivity index (χ4v) is 10.1. The van der Waals surface area contributed by atoms with Crippen molar-refractivity contribution in [3.8, 4) is 5.75 Å². The van der Waals surface area contributed by atoms with Crippen LogP contribution in [0.1, 0.15) is 95.1 Å². The summed E-state index contributed by atoms with van der Waals surface area (Å²) in [5.74, 6) is -20.4. The van der Waals surface area contributed by atoms with Crippen molar-refractivity contribution in [3.05, 3.63) is 29.8 Å². The molecule has 0 unspecified atom stereocenters. The molecule has 42 nitrogen and oxygen atoms in total. The van der Waals surface area contributed by atoms with Gasteiger partial charge in [0.25, 0.3) is 0 Å². The number of benzene rings is 1. The Morgan fingerprint density at radius 3 is 1.28 bits per heavy atom. The molecule has 1 aromatic carbocycles. The lowest BCUT2D eigenvalue weighted by Crippen LogP contribution is -2.71. The normalized spacial score (nSPS) is 23.4. The van der Waals surface area contributed by atoms with Gasteiger partial charge in [0.1, 0.15) is 79.6 Å². The van der Waals surface area contributed by atoms with Crippen molar-refractivity contribution in [1.29, 1.82) is 0 Å². The Morgan fingerprint density at radius 1 is 0.466 bits per heavy atom. The number of aliphatic carboxylic acids is 1. The molecule has 18 N–H and O–H groups in total. The van der Waals surface area contributed by atoms with Gasteiger partial charge >= 0.3 is 41.8 Å². The van der Waals surface area contributed by atoms with Crippen LogP contribution < -0.4 is 53.6 Å². The fraction of sp³-hybridized carbons (Fsp3) is 0.639. The molecule has 0 radical (unpaired) electrons. The number of carboxylic acids is 1. The molecule has 103 heavy (non-hydrogen) atoms. The summed E-state index contributed by atoms with van der Waals surface area (Å²) in [6.45, 7) is 8.73. The van der Waals surface area contributed by atoms with E-state index in [1.807, 2.05) is 0 Å². The zero-order valence-electron chi connectivity index (χ0n) is 58.0. The Kier molecular flexibility index (Phi) is 34.6. The number of amides is 9. The molecule has 0 aliphatic carbocycles. The molecule has 0 spiro atoms. The predicted octanol–water partition coefficient (Wildman–Crippen LogP) is -9.03. The number of phenols is 1. The van der Waals surface area contributed by atoms with Gasteiger partial charge in [-0.2, -0.15) is 0 Å². The Bertz CT molecular complexity index is 3210. The first-order valence-electron chi connectivity index (χ1n) is 31.7. The largest absolute Gasteiger partial charge is 0.508 e. The molecule has 0 saturated carbocycles. The Morgan fingerprint density at radius 2 is 0.854 bits per heavy atom. The number of aliphatic hydroxyl groups excluding tert-OH is 5. The monoisotopic (exact) mass is 1470 g/mol. The van der Waals surface area contributed by atoms with Crippen molar-refractivity contribution in [1.82, 2.24) is 47.9 Å². The van der Waals surface area contributed by atoms with Crippen molar-refractivity contribution in [3.63, 3.8) is 0 Å². The van der Waals surface area contributed by atoms with Crippen LogP contribution in [0, 0.1) is 0 Å². The van der Waals surface area contributed by atoms with Gasteiger partial charge < -0.3 is 132 Å². The van der Waals surface area contributed by atoms with Crippen molar-refractivity contribution in [2.75, 3.05) is 19.8 Å². The number of phenolic OH excluding ortho intramolecular Hbond substituents is 1. The summed E-state index contributed by atoms with van der Waals surface area (Å²) in [6, 6.07) is -13.0. The predicted molar refractivity (Wildman–Crippen MR) is 338 cm³/mol. The Balaban J connectivity index is 2.32. The number of nitrogens with two attached hydrogens (primary N) is 1. The molecule has 3 rings (SSSR count). The minimum atomic E-state index is -2.41. The van der Waals surface area contributed by atoms with Gasteiger partial charge in [-0.3, -0.25) is 71.9 Å². The van der Waals surface area contributed by atoms with E-state index in [-0.39, 0.29) is 11.3 Å². The zero-order valence-corrected chi connectivity index (χ0v) is 58.0. The van der Waals surface area contributed by atoms with Crippen LogP contribution in [0.3, 0.4) is 0 Å². The van der Waals surface area contributed by atoms with E-state index in [1.54, 1.807) is 0 Å². The minimum absolute atomic E-state index is 0.147. The van der Waals surface area contributed by atoms with Crippen molar-refractivity contribution < 1.29 is 155 Å². The lowest BCUT2D eigenvalue weighted by Gasteiger charge is -2.49. The molecular formula is C61H90N10O32. The summed E-state index contributed by atoms with van der Waals surface area (Å²) in [4.78, 5) is 213. The van der Waals surface area contributed by atoms with Gasteiger partial charge in [0.15, 0.2) is 43.0 Å². The van der Waals surface area contributed by atoms with Crippen LogP contribution in [0.15, 0.2) is 24.3 Å². The number of ether oxygens (including phenoxy) is 9. The van der Waals surface area contributed by atoms with Crippen LogP contribution in [-0.2, 0) is 126 Å². The fourth-order valence-electron chi connectivity index (χ4n) is 10.1. The average Bonchev–Trinajstić information content (AvgIpc) is 0.763. The first-order chi connectivity index (χ1) is 48.0. The summed E-state index contributed by atoms with van der Waals surface area (Å²) >= 11 is 0. The molecule has 0 bridgehead atoms. The van der Waals surface area contributed by atoms with E-state index >= 15 is 0 Å². The molecule has 2 fully saturated rings. The molecule has 2 saturated heterocycles. The number of aliphatic hydroxyl groups is 5. The van der Waals surface area contributed by atoms with Crippen LogP contribution in [-0.4, -0.2) is 285 Å². The number of nitrogens with one attached hydrogen (secondary N) is 9. The lowest BCUT2D eigenvalue weighted by atomic mass is 9.93. The van der Waals surface area contributed by atoms with Gasteiger partial charge in [-0.15, -0.1) is 0 Å². The van der Waals surface area contributed by atoms with Crippen molar-refractivity contribution in [2.45, 2.75) is 230 Å². The van der Waals surface area contributed by atoms with Gasteiger partial charge in [-0.1, -0.05) is 12.1 Å². The number of hydrogen-bond acceptors (Lipinski definition) is 32. The molecular weight excluding hydrogens is 1380 g/mol. The highest BCUT2D eigenvalue weighted by Crippen LogP contribution is 2.35. The maximum absolute atomic E-state index is 15.0. The second kappa shape index (κ2) is 40.7. The van der Waals surface area contributed by atoms with Gasteiger partial charge in [0.05, 0.1) is 43.5 Å². The van der Waals surface area contributed by atoms with Gasteiger partial charge in [0, 0.05) is 54.9 Å². The summed E-state index contributed by atoms with van der Waals surface area (Å²) in [5.41, 5.74) is 5.68. The first-order valence-corrected chi connectivity index (χ1v) is 31.7. The van der Waals surface area contributed by atoms with Crippen molar-refractivity contribution >= 4 is 94.9 Å². The summed E-state index contributed by atoms with van der Waals surface area (Å²) < 4.78 is 51.4. The van der Waals surface area contributed by atoms with Gasteiger partial charge in [0.2, 0.25) is 53.2 Å². The Hall–Kier alpha value is -9.82. The highest BCUT2D eigenvalue weighted by Gasteiger charge is 2.57. The Labute approximate surface area is 587 Å². The quantitative estimate of drug-likeness (QED) is 0.0219. The number of aromatic hydroxyl groups is 1. The average molecular weight is 1480 g/mol. The number of carbonyl (C=O) groups is 16. The van der Waals surface area contributed by atoms with E-state index in [1.165, 1.54) is 19.1 Å². The zero-order chi connectivity index (χ0) is 78.2.